The SMILES string of the molecule is CC(=O)c1cn(C(C)C)c2cccc(C)c12. The third-order valence-electron chi connectivity index (χ3n) is 3.00. The first-order valence-electron chi connectivity index (χ1n) is 5.63. The predicted molar refractivity (Wildman–Crippen MR) is 67.1 cm³/mol. The van der Waals surface area contributed by atoms with E-state index in [-0.39, 0.29) is 5.78 Å². The van der Waals surface area contributed by atoms with E-state index >= 15 is 0 Å². The van der Waals surface area contributed by atoms with Gasteiger partial charge in [-0.25, -0.2) is 0 Å². The summed E-state index contributed by atoms with van der Waals surface area (Å²) in [5.41, 5.74) is 3.16. The Morgan fingerprint density at radius 2 is 2.00 bits per heavy atom. The molecule has 0 spiro atoms. The Morgan fingerprint density at radius 1 is 1.31 bits per heavy atom. The van der Waals surface area contributed by atoms with Gasteiger partial charge in [-0.3, -0.25) is 4.79 Å². The quantitative estimate of drug-likeness (QED) is 0.699. The first kappa shape index (κ1) is 10.9. The molecule has 16 heavy (non-hydrogen) atoms. The molecule has 0 radical (unpaired) electrons. The van der Waals surface area contributed by atoms with Gasteiger partial charge in [0.25, 0.3) is 0 Å². The van der Waals surface area contributed by atoms with Crippen LogP contribution < -0.4 is 0 Å². The monoisotopic (exact) mass is 215 g/mol. The lowest BCUT2D eigenvalue weighted by molar-refractivity contribution is 0.101. The number of ketones is 1. The van der Waals surface area contributed by atoms with Crippen molar-refractivity contribution >= 4 is 16.7 Å². The Hall–Kier alpha value is -1.57. The zero-order chi connectivity index (χ0) is 11.9. The number of benzene rings is 1. The van der Waals surface area contributed by atoms with Crippen molar-refractivity contribution in [3.63, 3.8) is 0 Å². The Bertz CT molecular complexity index is 549. The molecule has 0 unspecified atom stereocenters. The van der Waals surface area contributed by atoms with Crippen molar-refractivity contribution < 1.29 is 4.79 Å². The van der Waals surface area contributed by atoms with E-state index in [1.54, 1.807) is 6.92 Å². The van der Waals surface area contributed by atoms with Crippen LogP contribution in [-0.4, -0.2) is 10.4 Å². The Kier molecular flexibility index (Phi) is 2.58. The number of Topliss-reactive ketones (excluding diaryl/α,β-unsaturated/α-hetero) is 1. The van der Waals surface area contributed by atoms with Gasteiger partial charge < -0.3 is 4.57 Å². The van der Waals surface area contributed by atoms with Crippen LogP contribution in [0.3, 0.4) is 0 Å². The second-order valence-corrected chi connectivity index (χ2v) is 4.57. The predicted octanol–water partition coefficient (Wildman–Crippen LogP) is 3.73. The van der Waals surface area contributed by atoms with Crippen molar-refractivity contribution in [2.24, 2.45) is 0 Å². The number of aromatic nitrogens is 1. The van der Waals surface area contributed by atoms with Gasteiger partial charge in [0.15, 0.2) is 5.78 Å². The van der Waals surface area contributed by atoms with Crippen molar-refractivity contribution in [1.82, 2.24) is 4.57 Å². The number of hydrogen-bond acceptors (Lipinski definition) is 1. The van der Waals surface area contributed by atoms with Crippen LogP contribution in [0.2, 0.25) is 0 Å². The highest BCUT2D eigenvalue weighted by Crippen LogP contribution is 2.27. The highest BCUT2D eigenvalue weighted by atomic mass is 16.1. The maximum absolute atomic E-state index is 11.6. The minimum absolute atomic E-state index is 0.138. The van der Waals surface area contributed by atoms with E-state index in [9.17, 15) is 4.79 Å². The zero-order valence-corrected chi connectivity index (χ0v) is 10.2. The number of carbonyl (C=O) groups excluding carboxylic acids is 1. The molecule has 1 aromatic heterocycles. The van der Waals surface area contributed by atoms with E-state index in [1.807, 2.05) is 12.3 Å². The number of nitrogens with zero attached hydrogens (tertiary/aromatic N) is 1. The summed E-state index contributed by atoms with van der Waals surface area (Å²) in [5.74, 6) is 0.138. The van der Waals surface area contributed by atoms with Gasteiger partial charge in [-0.1, -0.05) is 12.1 Å². The van der Waals surface area contributed by atoms with Crippen LogP contribution in [0.25, 0.3) is 10.9 Å². The molecule has 84 valence electrons. The van der Waals surface area contributed by atoms with Gasteiger partial charge in [-0.2, -0.15) is 0 Å². The lowest BCUT2D eigenvalue weighted by atomic mass is 10.1. The maximum Gasteiger partial charge on any atom is 0.161 e. The molecule has 0 atom stereocenters. The van der Waals surface area contributed by atoms with E-state index in [0.29, 0.717) is 6.04 Å². The van der Waals surface area contributed by atoms with Crippen LogP contribution in [0.4, 0.5) is 0 Å². The first-order chi connectivity index (χ1) is 7.52. The van der Waals surface area contributed by atoms with Crippen LogP contribution >= 0.6 is 0 Å². The Balaban J connectivity index is 2.87. The summed E-state index contributed by atoms with van der Waals surface area (Å²) in [6.07, 6.45) is 1.98. The largest absolute Gasteiger partial charge is 0.344 e. The Labute approximate surface area is 95.9 Å². The molecule has 0 aliphatic rings. The average Bonchev–Trinajstić information content (AvgIpc) is 2.58. The third-order valence-corrected chi connectivity index (χ3v) is 3.00. The number of aryl methyl sites for hydroxylation is 1. The van der Waals surface area contributed by atoms with Crippen molar-refractivity contribution in [1.29, 1.82) is 0 Å². The molecule has 2 heteroatoms. The second kappa shape index (κ2) is 3.78. The van der Waals surface area contributed by atoms with Gasteiger partial charge in [-0.05, 0) is 39.3 Å². The smallest absolute Gasteiger partial charge is 0.161 e. The van der Waals surface area contributed by atoms with Crippen LogP contribution in [-0.2, 0) is 0 Å². The van der Waals surface area contributed by atoms with Crippen molar-refractivity contribution in [2.75, 3.05) is 0 Å². The molecule has 2 rings (SSSR count). The van der Waals surface area contributed by atoms with Gasteiger partial charge in [-0.15, -0.1) is 0 Å². The van der Waals surface area contributed by atoms with E-state index in [4.69, 9.17) is 0 Å². The molecule has 1 aromatic carbocycles. The molecule has 0 bridgehead atoms. The first-order valence-corrected chi connectivity index (χ1v) is 5.63. The van der Waals surface area contributed by atoms with Gasteiger partial charge in [0.05, 0.1) is 0 Å². The minimum atomic E-state index is 0.138. The zero-order valence-electron chi connectivity index (χ0n) is 10.2. The van der Waals surface area contributed by atoms with Gasteiger partial charge in [0.2, 0.25) is 0 Å². The fraction of sp³-hybridized carbons (Fsp3) is 0.357. The van der Waals surface area contributed by atoms with Gasteiger partial charge in [0, 0.05) is 28.7 Å². The fourth-order valence-electron chi connectivity index (χ4n) is 2.19. The fourth-order valence-corrected chi connectivity index (χ4v) is 2.19. The van der Waals surface area contributed by atoms with E-state index in [0.717, 1.165) is 16.5 Å². The lowest BCUT2D eigenvalue weighted by Crippen LogP contribution is -1.98. The summed E-state index contributed by atoms with van der Waals surface area (Å²) < 4.78 is 2.17. The Morgan fingerprint density at radius 3 is 2.56 bits per heavy atom. The van der Waals surface area contributed by atoms with E-state index in [2.05, 4.69) is 37.5 Å². The molecular formula is C14H17NO. The minimum Gasteiger partial charge on any atom is -0.344 e. The standard InChI is InChI=1S/C14H17NO/c1-9(2)15-8-12(11(4)16)14-10(3)6-5-7-13(14)15/h5-9H,1-4H3. The lowest BCUT2D eigenvalue weighted by Gasteiger charge is -2.08. The average molecular weight is 215 g/mol. The molecule has 2 aromatic rings. The van der Waals surface area contributed by atoms with Crippen LogP contribution in [0, 0.1) is 6.92 Å². The normalized spacial score (nSPS) is 11.3. The third kappa shape index (κ3) is 1.54. The van der Waals surface area contributed by atoms with E-state index in [1.165, 1.54) is 5.56 Å². The van der Waals surface area contributed by atoms with Crippen LogP contribution in [0.1, 0.15) is 42.7 Å². The van der Waals surface area contributed by atoms with Crippen LogP contribution in [0.15, 0.2) is 24.4 Å². The molecule has 0 saturated heterocycles. The molecule has 2 nitrogen and oxygen atoms in total. The van der Waals surface area contributed by atoms with Crippen molar-refractivity contribution in [3.05, 3.63) is 35.5 Å². The molecule has 0 saturated carbocycles. The molecule has 0 aliphatic carbocycles. The summed E-state index contributed by atoms with van der Waals surface area (Å²) in [4.78, 5) is 11.6. The molecule has 0 aliphatic heterocycles. The van der Waals surface area contributed by atoms with E-state index < -0.39 is 0 Å². The number of carbonyl (C=O) groups is 1. The van der Waals surface area contributed by atoms with Gasteiger partial charge in [0.1, 0.15) is 0 Å². The molecule has 0 fully saturated rings. The van der Waals surface area contributed by atoms with Crippen molar-refractivity contribution in [3.8, 4) is 0 Å². The van der Waals surface area contributed by atoms with Crippen molar-refractivity contribution in [2.45, 2.75) is 33.7 Å². The maximum atomic E-state index is 11.6. The van der Waals surface area contributed by atoms with Gasteiger partial charge >= 0.3 is 0 Å². The summed E-state index contributed by atoms with van der Waals surface area (Å²) in [7, 11) is 0. The summed E-state index contributed by atoms with van der Waals surface area (Å²) in [6.45, 7) is 7.95. The topological polar surface area (TPSA) is 22.0 Å². The number of hydrogen-bond donors (Lipinski definition) is 0. The highest BCUT2D eigenvalue weighted by Gasteiger charge is 2.14. The number of fused-ring (bicyclic) bond motifs is 1. The molecule has 0 N–H and O–H groups in total. The highest BCUT2D eigenvalue weighted by molar-refractivity contribution is 6.08. The summed E-state index contributed by atoms with van der Waals surface area (Å²) >= 11 is 0. The summed E-state index contributed by atoms with van der Waals surface area (Å²) in [6, 6.07) is 6.55. The molecular weight excluding hydrogens is 198 g/mol. The molecule has 0 amide bonds. The van der Waals surface area contributed by atoms with Crippen LogP contribution in [0.5, 0.6) is 0 Å². The second-order valence-electron chi connectivity index (χ2n) is 4.57. The number of rotatable bonds is 2. The summed E-state index contributed by atoms with van der Waals surface area (Å²) in [5, 5.41) is 1.10. The molecule has 1 heterocycles.